The molecule has 44 heavy (non-hydrogen) atoms. The molecule has 2 N–H and O–H groups in total. The molecule has 10 nitrogen and oxygen atoms in total. The molecule has 0 aliphatic carbocycles. The molecule has 0 aromatic heterocycles. The first-order valence-corrected chi connectivity index (χ1v) is 14.9. The number of carbonyl (C=O) groups is 4. The van der Waals surface area contributed by atoms with E-state index in [0.717, 1.165) is 16.9 Å². The van der Waals surface area contributed by atoms with E-state index in [-0.39, 0.29) is 37.6 Å². The van der Waals surface area contributed by atoms with Crippen LogP contribution in [0.1, 0.15) is 41.3 Å². The Morgan fingerprint density at radius 2 is 1.70 bits per heavy atom. The largest absolute Gasteiger partial charge is 0.497 e. The van der Waals surface area contributed by atoms with E-state index in [1.54, 1.807) is 36.3 Å². The number of fused-ring (bicyclic) bond motifs is 1. The van der Waals surface area contributed by atoms with Crippen molar-refractivity contribution in [3.05, 3.63) is 95.6 Å². The molecule has 1 atom stereocenters. The highest BCUT2D eigenvalue weighted by Crippen LogP contribution is 2.19. The van der Waals surface area contributed by atoms with E-state index >= 15 is 0 Å². The van der Waals surface area contributed by atoms with Crippen molar-refractivity contribution in [1.29, 1.82) is 0 Å². The Morgan fingerprint density at radius 3 is 2.48 bits per heavy atom. The Balaban J connectivity index is 1.55. The van der Waals surface area contributed by atoms with Crippen LogP contribution in [0.15, 0.2) is 78.9 Å². The average molecular weight is 601 g/mol. The van der Waals surface area contributed by atoms with Gasteiger partial charge in [0.05, 0.1) is 25.6 Å². The molecule has 232 valence electrons. The van der Waals surface area contributed by atoms with Crippen LogP contribution < -0.4 is 20.1 Å². The molecule has 1 aliphatic heterocycles. The summed E-state index contributed by atoms with van der Waals surface area (Å²) in [5.41, 5.74) is 2.15. The third kappa shape index (κ3) is 9.07. The monoisotopic (exact) mass is 600 g/mol. The summed E-state index contributed by atoms with van der Waals surface area (Å²) in [5, 5.41) is 5.63. The van der Waals surface area contributed by atoms with E-state index in [1.165, 1.54) is 4.90 Å². The standard InChI is InChI=1S/C34H40N4O6/c1-3-37-19-20-44-30-17-8-7-16-28(30)33(41)36-29(34(42)35-18-10-14-25-13-9-15-27(21-25)43-2)22-31(39)38(24-32(37)40)23-26-11-5-4-6-12-26/h4-9,11-13,15-17,21,29H,3,10,14,18-20,22-24H2,1-2H3,(H,35,42)(H,36,41)/t29-/m0/s1. The Labute approximate surface area is 258 Å². The zero-order chi connectivity index (χ0) is 31.3. The zero-order valence-corrected chi connectivity index (χ0v) is 25.3. The fraction of sp³-hybridized carbons (Fsp3) is 0.353. The summed E-state index contributed by atoms with van der Waals surface area (Å²) in [7, 11) is 1.61. The molecular weight excluding hydrogens is 560 g/mol. The Bertz CT molecular complexity index is 1430. The highest BCUT2D eigenvalue weighted by Gasteiger charge is 2.30. The van der Waals surface area contributed by atoms with Gasteiger partial charge < -0.3 is 29.9 Å². The molecule has 0 unspecified atom stereocenters. The lowest BCUT2D eigenvalue weighted by Crippen LogP contribution is -2.51. The number of para-hydroxylation sites is 1. The van der Waals surface area contributed by atoms with Gasteiger partial charge in [0.15, 0.2) is 0 Å². The van der Waals surface area contributed by atoms with Crippen molar-refractivity contribution in [2.45, 2.75) is 38.8 Å². The van der Waals surface area contributed by atoms with Crippen LogP contribution in [0.2, 0.25) is 0 Å². The quantitative estimate of drug-likeness (QED) is 0.365. The second-order valence-electron chi connectivity index (χ2n) is 10.5. The van der Waals surface area contributed by atoms with Crippen LogP contribution in [0.25, 0.3) is 0 Å². The smallest absolute Gasteiger partial charge is 0.255 e. The molecule has 0 radical (unpaired) electrons. The van der Waals surface area contributed by atoms with Crippen LogP contribution in [0.4, 0.5) is 0 Å². The molecule has 10 heteroatoms. The SMILES string of the molecule is CCN1CCOc2ccccc2C(=O)N[C@H](C(=O)NCCCc2cccc(OC)c2)CC(=O)N(Cc2ccccc2)CC1=O. The van der Waals surface area contributed by atoms with Crippen molar-refractivity contribution in [3.63, 3.8) is 0 Å². The van der Waals surface area contributed by atoms with Crippen molar-refractivity contribution < 1.29 is 28.7 Å². The van der Waals surface area contributed by atoms with Crippen molar-refractivity contribution in [2.24, 2.45) is 0 Å². The third-order valence-electron chi connectivity index (χ3n) is 7.46. The Hall–Kier alpha value is -4.86. The number of rotatable bonds is 9. The molecule has 0 fully saturated rings. The van der Waals surface area contributed by atoms with Crippen LogP contribution >= 0.6 is 0 Å². The zero-order valence-electron chi connectivity index (χ0n) is 25.3. The van der Waals surface area contributed by atoms with Gasteiger partial charge in [-0.2, -0.15) is 0 Å². The summed E-state index contributed by atoms with van der Waals surface area (Å²) >= 11 is 0. The number of hydrogen-bond donors (Lipinski definition) is 2. The predicted octanol–water partition coefficient (Wildman–Crippen LogP) is 3.20. The van der Waals surface area contributed by atoms with Crippen molar-refractivity contribution in [2.75, 3.05) is 39.9 Å². The number of carbonyl (C=O) groups excluding carboxylic acids is 4. The van der Waals surface area contributed by atoms with E-state index in [9.17, 15) is 19.2 Å². The summed E-state index contributed by atoms with van der Waals surface area (Å²) in [5.74, 6) is -0.564. The van der Waals surface area contributed by atoms with E-state index in [0.29, 0.717) is 38.2 Å². The molecule has 0 bridgehead atoms. The normalized spacial score (nSPS) is 16.3. The van der Waals surface area contributed by atoms with E-state index in [1.807, 2.05) is 61.5 Å². The van der Waals surface area contributed by atoms with Gasteiger partial charge in [0.2, 0.25) is 17.7 Å². The highest BCUT2D eigenvalue weighted by atomic mass is 16.5. The maximum absolute atomic E-state index is 13.8. The van der Waals surface area contributed by atoms with Crippen LogP contribution in [0.5, 0.6) is 11.5 Å². The first-order valence-electron chi connectivity index (χ1n) is 14.9. The first kappa shape index (κ1) is 32.1. The first-order chi connectivity index (χ1) is 21.4. The van der Waals surface area contributed by atoms with Crippen LogP contribution in [-0.2, 0) is 27.3 Å². The maximum Gasteiger partial charge on any atom is 0.255 e. The number of benzene rings is 3. The van der Waals surface area contributed by atoms with Gasteiger partial charge in [0.25, 0.3) is 5.91 Å². The fourth-order valence-corrected chi connectivity index (χ4v) is 5.01. The van der Waals surface area contributed by atoms with Gasteiger partial charge in [0.1, 0.15) is 30.7 Å². The van der Waals surface area contributed by atoms with Crippen LogP contribution in [0.3, 0.4) is 0 Å². The van der Waals surface area contributed by atoms with E-state index in [4.69, 9.17) is 9.47 Å². The lowest BCUT2D eigenvalue weighted by molar-refractivity contribution is -0.142. The van der Waals surface area contributed by atoms with E-state index < -0.39 is 23.8 Å². The number of methoxy groups -OCH3 is 1. The second kappa shape index (κ2) is 16.1. The van der Waals surface area contributed by atoms with Crippen molar-refractivity contribution in [1.82, 2.24) is 20.4 Å². The molecule has 4 rings (SSSR count). The fourth-order valence-electron chi connectivity index (χ4n) is 5.01. The molecule has 0 saturated carbocycles. The van der Waals surface area contributed by atoms with Gasteiger partial charge in [-0.25, -0.2) is 0 Å². The van der Waals surface area contributed by atoms with Crippen LogP contribution in [0, 0.1) is 0 Å². The second-order valence-corrected chi connectivity index (χ2v) is 10.5. The van der Waals surface area contributed by atoms with Gasteiger partial charge in [-0.15, -0.1) is 0 Å². The van der Waals surface area contributed by atoms with Crippen molar-refractivity contribution in [3.8, 4) is 11.5 Å². The molecule has 3 aromatic rings. The van der Waals surface area contributed by atoms with Gasteiger partial charge in [-0.05, 0) is 55.2 Å². The van der Waals surface area contributed by atoms with Gasteiger partial charge in [0, 0.05) is 19.6 Å². The summed E-state index contributed by atoms with van der Waals surface area (Å²) in [6, 6.07) is 22.6. The number of ether oxygens (including phenoxy) is 2. The molecule has 0 spiro atoms. The lowest BCUT2D eigenvalue weighted by Gasteiger charge is -2.29. The average Bonchev–Trinajstić information content (AvgIpc) is 3.04. The number of hydrogen-bond acceptors (Lipinski definition) is 6. The number of nitrogens with zero attached hydrogens (tertiary/aromatic N) is 2. The number of amides is 4. The summed E-state index contributed by atoms with van der Waals surface area (Å²) in [4.78, 5) is 57.0. The van der Waals surface area contributed by atoms with Gasteiger partial charge in [-0.3, -0.25) is 19.2 Å². The predicted molar refractivity (Wildman–Crippen MR) is 166 cm³/mol. The summed E-state index contributed by atoms with van der Waals surface area (Å²) < 4.78 is 11.2. The summed E-state index contributed by atoms with van der Waals surface area (Å²) in [6.45, 7) is 3.10. The number of nitrogens with one attached hydrogen (secondary N) is 2. The van der Waals surface area contributed by atoms with E-state index in [2.05, 4.69) is 10.6 Å². The van der Waals surface area contributed by atoms with Crippen LogP contribution in [-0.4, -0.2) is 79.4 Å². The highest BCUT2D eigenvalue weighted by molar-refractivity contribution is 6.01. The Morgan fingerprint density at radius 1 is 0.955 bits per heavy atom. The minimum atomic E-state index is -1.17. The minimum Gasteiger partial charge on any atom is -0.497 e. The molecule has 0 saturated heterocycles. The Kier molecular flexibility index (Phi) is 11.7. The molecule has 4 amide bonds. The van der Waals surface area contributed by atoms with Crippen molar-refractivity contribution >= 4 is 23.6 Å². The minimum absolute atomic E-state index is 0.160. The topological polar surface area (TPSA) is 117 Å². The lowest BCUT2D eigenvalue weighted by atomic mass is 10.1. The molecule has 1 heterocycles. The van der Waals surface area contributed by atoms with Gasteiger partial charge in [-0.1, -0.05) is 54.6 Å². The summed E-state index contributed by atoms with van der Waals surface area (Å²) in [6.07, 6.45) is 1.04. The maximum atomic E-state index is 13.8. The molecule has 3 aromatic carbocycles. The third-order valence-corrected chi connectivity index (χ3v) is 7.46. The number of aryl methyl sites for hydroxylation is 1. The van der Waals surface area contributed by atoms with Gasteiger partial charge >= 0.3 is 0 Å². The molecular formula is C34H40N4O6. The number of likely N-dealkylation sites (N-methyl/N-ethyl adjacent to an activating group) is 1. The molecule has 1 aliphatic rings.